The molecule has 10 aromatic carbocycles. The summed E-state index contributed by atoms with van der Waals surface area (Å²) in [5.74, 6) is -63.4. The molecule has 0 bridgehead atoms. The van der Waals surface area contributed by atoms with Crippen LogP contribution in [0.5, 0.6) is 0 Å². The first-order valence-electron chi connectivity index (χ1n) is 36.4. The Balaban J connectivity index is 1.46. The van der Waals surface area contributed by atoms with Crippen LogP contribution in [0.15, 0.2) is 44.0 Å². The number of hydrogen-bond donors (Lipinski definition) is 0. The number of allylic oxidation sites excluding steroid dienone is 7. The molecule has 0 N–H and O–H groups in total. The van der Waals surface area contributed by atoms with Crippen LogP contribution in [0, 0.1) is 200 Å². The first-order chi connectivity index (χ1) is 55.7. The van der Waals surface area contributed by atoms with Gasteiger partial charge in [0.1, 0.15) is 81.4 Å². The van der Waals surface area contributed by atoms with E-state index in [2.05, 4.69) is 19.7 Å². The summed E-state index contributed by atoms with van der Waals surface area (Å²) in [6, 6.07) is 0. The van der Waals surface area contributed by atoms with E-state index in [0.29, 0.717) is 19.9 Å². The van der Waals surface area contributed by atoms with Gasteiger partial charge in [-0.25, -0.2) is 114 Å². The van der Waals surface area contributed by atoms with Crippen molar-refractivity contribution in [3.05, 3.63) is 284 Å². The summed E-state index contributed by atoms with van der Waals surface area (Å²) >= 11 is 0. The van der Waals surface area contributed by atoms with E-state index in [9.17, 15) is 0 Å². The van der Waals surface area contributed by atoms with E-state index in [1.807, 2.05) is 0 Å². The van der Waals surface area contributed by atoms with Gasteiger partial charge in [0.25, 0.3) is 0 Å². The Labute approximate surface area is 665 Å². The molecule has 620 valence electrons. The first-order valence-corrected chi connectivity index (χ1v) is 36.4. The van der Waals surface area contributed by atoms with Gasteiger partial charge in [-0.2, -0.15) is 0 Å². The van der Waals surface area contributed by atoms with E-state index in [1.165, 1.54) is 20.8 Å². The van der Waals surface area contributed by atoms with Gasteiger partial charge in [0.15, 0.2) is 69.8 Å². The molecule has 0 aliphatic heterocycles. The SMILES string of the molecule is C=C(C)c1c(F)c(-c2c(F)c(F)c(-c3c(C)c(-c4c(F)c(-c5c(F)c(F)c(-c6c(F)c(C)c(C)c(F)c6C(=C)C)c(F)c5CC)c(F)c(-c5c(F)c(C)c(-c6c(F)c(F)c(C)c(C=CC)c6F)c(F)c5F)c4C=CC)c(F)c(-c4c(F)c(F)c(-c5c(F)c(C)c(C)c(F)c5C=CC)c(F)c4C4CC4)c3F)c(F)c2C(=C)C)c(F)c(F)c1C=CC. The van der Waals surface area contributed by atoms with Crippen molar-refractivity contribution in [3.8, 4) is 100 Å². The van der Waals surface area contributed by atoms with Crippen LogP contribution >= 0.6 is 0 Å². The zero-order chi connectivity index (χ0) is 88.7. The number of halogens is 26. The van der Waals surface area contributed by atoms with Crippen LogP contribution in [-0.4, -0.2) is 0 Å². The molecule has 1 saturated carbocycles. The lowest BCUT2D eigenvalue weighted by Gasteiger charge is -2.27. The highest BCUT2D eigenvalue weighted by molar-refractivity contribution is 6.00. The summed E-state index contributed by atoms with van der Waals surface area (Å²) in [5.41, 5.74) is -56.4. The quantitative estimate of drug-likeness (QED) is 0.0593. The predicted octanol–water partition coefficient (Wildman–Crippen LogP) is 31.1. The fraction of sp³-hybridized carbons (Fsp3) is 0.204. The van der Waals surface area contributed by atoms with Crippen molar-refractivity contribution in [1.82, 2.24) is 0 Å². The van der Waals surface area contributed by atoms with Crippen molar-refractivity contribution in [2.75, 3.05) is 0 Å². The average Bonchev–Trinajstić information content (AvgIpc) is 1.30. The fourth-order valence-electron chi connectivity index (χ4n) is 15.7. The minimum absolute atomic E-state index is 0.275. The summed E-state index contributed by atoms with van der Waals surface area (Å²) < 4.78 is 465. The Bertz CT molecular complexity index is 6340. The molecule has 1 aliphatic rings. The minimum Gasteiger partial charge on any atom is -0.206 e. The Kier molecular flexibility index (Phi) is 24.0. The fourth-order valence-corrected chi connectivity index (χ4v) is 15.7. The maximum absolute atomic E-state index is 20.0. The van der Waals surface area contributed by atoms with Crippen LogP contribution in [0.3, 0.4) is 0 Å². The van der Waals surface area contributed by atoms with E-state index in [-0.39, 0.29) is 13.0 Å². The van der Waals surface area contributed by atoms with E-state index in [1.54, 1.807) is 0 Å². The summed E-state index contributed by atoms with van der Waals surface area (Å²) in [6.45, 7) is 24.0. The molecule has 0 amide bonds. The van der Waals surface area contributed by atoms with Crippen molar-refractivity contribution < 1.29 is 114 Å². The lowest BCUT2D eigenvalue weighted by molar-refractivity contribution is 0.481. The molecule has 26 heteroatoms. The second-order valence-corrected chi connectivity index (χ2v) is 28.9. The van der Waals surface area contributed by atoms with E-state index in [0.717, 1.165) is 98.8 Å². The van der Waals surface area contributed by atoms with E-state index >= 15 is 114 Å². The van der Waals surface area contributed by atoms with Gasteiger partial charge < -0.3 is 0 Å². The highest BCUT2D eigenvalue weighted by atomic mass is 19.2. The van der Waals surface area contributed by atoms with Crippen LogP contribution in [0.25, 0.3) is 141 Å². The van der Waals surface area contributed by atoms with Gasteiger partial charge in [-0.05, 0) is 189 Å². The molecule has 0 atom stereocenters. The summed E-state index contributed by atoms with van der Waals surface area (Å²) in [4.78, 5) is 0. The lowest BCUT2D eigenvalue weighted by Crippen LogP contribution is -2.15. The van der Waals surface area contributed by atoms with Crippen LogP contribution in [-0.2, 0) is 6.42 Å². The Morgan fingerprint density at radius 1 is 0.235 bits per heavy atom. The highest BCUT2D eigenvalue weighted by Gasteiger charge is 2.46. The molecule has 119 heavy (non-hydrogen) atoms. The van der Waals surface area contributed by atoms with Crippen molar-refractivity contribution >= 4 is 41.0 Å². The van der Waals surface area contributed by atoms with Crippen LogP contribution < -0.4 is 0 Å². The molecule has 1 fully saturated rings. The third-order valence-electron chi connectivity index (χ3n) is 21.7. The van der Waals surface area contributed by atoms with Gasteiger partial charge >= 0.3 is 0 Å². The standard InChI is InChI=1S/C93H66F26/c1-19-24-42-37(16)73(99)88(114)60(75(42)101)51-39(18)72(98)62(91(117)84(51)110)55-43(25-20-2)54(82(108)63(83(55)109)53-41(23-5)74(100)65(93(119)85(53)111)57-47(31(8)9)69(95)35(14)36(15)71(57)97)49-38(17)50(61-78(104)48(32(10)11)58(86(112)90(61)116)67-77(103)46(30(6)7)44(26-21-3)76(102)89(67)115)80(106)66(79(49)105)59-52(40-28-29-40)81(107)64(92(118)87(59)113)56-45(27-22-4)68(94)33(12)34(13)70(56)96/h19-22,24-27,40H,6,8,10,23,28-29H2,1-5,7,9,11-18H3. The topological polar surface area (TPSA) is 0 Å². The molecule has 0 saturated heterocycles. The monoisotopic (exact) mass is 1680 g/mol. The molecule has 0 spiro atoms. The Hall–Kier alpha value is -11.4. The zero-order valence-corrected chi connectivity index (χ0v) is 65.8. The second-order valence-electron chi connectivity index (χ2n) is 28.9. The second kappa shape index (κ2) is 32.4. The van der Waals surface area contributed by atoms with Gasteiger partial charge in [-0.3, -0.25) is 0 Å². The molecule has 0 radical (unpaired) electrons. The molecule has 1 aliphatic carbocycles. The molecule has 0 nitrogen and oxygen atoms in total. The van der Waals surface area contributed by atoms with Crippen molar-refractivity contribution in [2.45, 2.75) is 129 Å². The maximum Gasteiger partial charge on any atom is 0.170 e. The molecular weight excluding hydrogens is 1610 g/mol. The van der Waals surface area contributed by atoms with Gasteiger partial charge in [0, 0.05) is 94.6 Å². The van der Waals surface area contributed by atoms with Crippen LogP contribution in [0.4, 0.5) is 114 Å². The highest BCUT2D eigenvalue weighted by Crippen LogP contribution is 2.59. The largest absolute Gasteiger partial charge is 0.206 e. The third-order valence-corrected chi connectivity index (χ3v) is 21.7. The lowest BCUT2D eigenvalue weighted by atomic mass is 9.78. The van der Waals surface area contributed by atoms with Crippen molar-refractivity contribution in [3.63, 3.8) is 0 Å². The zero-order valence-electron chi connectivity index (χ0n) is 65.8. The predicted molar refractivity (Wildman–Crippen MR) is 412 cm³/mol. The summed E-state index contributed by atoms with van der Waals surface area (Å²) in [5, 5.41) is 0. The minimum atomic E-state index is -2.93. The number of hydrogen-bond acceptors (Lipinski definition) is 0. The van der Waals surface area contributed by atoms with Crippen LogP contribution in [0.2, 0.25) is 0 Å². The molecular formula is C93H66F26. The maximum atomic E-state index is 20.0. The molecule has 0 aromatic heterocycles. The normalized spacial score (nSPS) is 12.6. The third kappa shape index (κ3) is 13.2. The number of benzene rings is 10. The van der Waals surface area contributed by atoms with Crippen molar-refractivity contribution in [2.24, 2.45) is 0 Å². The first kappa shape index (κ1) is 88.4. The molecule has 11 rings (SSSR count). The van der Waals surface area contributed by atoms with E-state index < -0.39 is 382 Å². The molecule has 0 unspecified atom stereocenters. The number of rotatable bonds is 18. The smallest absolute Gasteiger partial charge is 0.170 e. The van der Waals surface area contributed by atoms with Crippen LogP contribution in [0.1, 0.15) is 163 Å². The molecule has 10 aromatic rings. The van der Waals surface area contributed by atoms with Gasteiger partial charge in [0.05, 0.1) is 44.5 Å². The van der Waals surface area contributed by atoms with Gasteiger partial charge in [0.2, 0.25) is 0 Å². The van der Waals surface area contributed by atoms with Crippen molar-refractivity contribution in [1.29, 1.82) is 0 Å². The van der Waals surface area contributed by atoms with Gasteiger partial charge in [-0.15, -0.1) is 0 Å². The Morgan fingerprint density at radius 3 is 1.03 bits per heavy atom. The Morgan fingerprint density at radius 2 is 0.529 bits per heavy atom. The summed E-state index contributed by atoms with van der Waals surface area (Å²) in [6.07, 6.45) is 4.30. The van der Waals surface area contributed by atoms with E-state index in [4.69, 9.17) is 0 Å². The molecule has 0 heterocycles. The average molecular weight is 1680 g/mol. The summed E-state index contributed by atoms with van der Waals surface area (Å²) in [7, 11) is 0. The van der Waals surface area contributed by atoms with Gasteiger partial charge in [-0.1, -0.05) is 75.3 Å².